The summed E-state index contributed by atoms with van der Waals surface area (Å²) in [5, 5.41) is 14.2. The van der Waals surface area contributed by atoms with E-state index >= 15 is 0 Å². The largest absolute Gasteiger partial charge is 0.465 e. The Balaban J connectivity index is 1.42. The van der Waals surface area contributed by atoms with Crippen molar-refractivity contribution in [2.24, 2.45) is 0 Å². The molecule has 28 heavy (non-hydrogen) atoms. The maximum atomic E-state index is 11.6. The Morgan fingerprint density at radius 1 is 1.18 bits per heavy atom. The van der Waals surface area contributed by atoms with Gasteiger partial charge in [0.1, 0.15) is 0 Å². The van der Waals surface area contributed by atoms with Crippen LogP contribution < -0.4 is 20.1 Å². The number of carbonyl (C=O) groups is 1. The number of aromatic nitrogens is 3. The van der Waals surface area contributed by atoms with Crippen molar-refractivity contribution in [1.29, 1.82) is 0 Å². The molecule has 2 N–H and O–H groups in total. The molecule has 2 aromatic carbocycles. The minimum Gasteiger partial charge on any atom is -0.465 e. The highest BCUT2D eigenvalue weighted by molar-refractivity contribution is 5.90. The molecule has 0 unspecified atom stereocenters. The minimum absolute atomic E-state index is 0.240. The molecule has 0 spiro atoms. The third kappa shape index (κ3) is 3.93. The second-order valence-electron chi connectivity index (χ2n) is 5.90. The average molecular weight is 379 g/mol. The van der Waals surface area contributed by atoms with E-state index in [1.807, 2.05) is 24.3 Å². The van der Waals surface area contributed by atoms with Crippen molar-refractivity contribution in [1.82, 2.24) is 15.2 Å². The summed E-state index contributed by atoms with van der Waals surface area (Å²) in [7, 11) is 1.34. The Morgan fingerprint density at radius 2 is 2.07 bits per heavy atom. The van der Waals surface area contributed by atoms with Crippen molar-refractivity contribution in [2.45, 2.75) is 6.54 Å². The fourth-order valence-electron chi connectivity index (χ4n) is 2.66. The minimum atomic E-state index is -0.407. The number of rotatable bonds is 6. The third-order valence-electron chi connectivity index (χ3n) is 4.00. The van der Waals surface area contributed by atoms with E-state index in [4.69, 9.17) is 14.2 Å². The Morgan fingerprint density at radius 3 is 2.96 bits per heavy atom. The summed E-state index contributed by atoms with van der Waals surface area (Å²) in [6.45, 7) is 0.740. The van der Waals surface area contributed by atoms with E-state index in [0.29, 0.717) is 29.6 Å². The van der Waals surface area contributed by atoms with Gasteiger partial charge in [-0.15, -0.1) is 5.10 Å². The molecule has 9 nitrogen and oxygen atoms in total. The summed E-state index contributed by atoms with van der Waals surface area (Å²) in [5.41, 5.74) is 2.12. The molecule has 4 rings (SSSR count). The molecule has 0 radical (unpaired) electrons. The number of methoxy groups -OCH3 is 1. The van der Waals surface area contributed by atoms with Gasteiger partial charge >= 0.3 is 5.97 Å². The van der Waals surface area contributed by atoms with Gasteiger partial charge in [0, 0.05) is 12.2 Å². The molecule has 0 amide bonds. The number of hydrogen-bond acceptors (Lipinski definition) is 9. The van der Waals surface area contributed by atoms with Gasteiger partial charge in [0.15, 0.2) is 17.3 Å². The Kier molecular flexibility index (Phi) is 4.87. The van der Waals surface area contributed by atoms with Crippen LogP contribution in [0.3, 0.4) is 0 Å². The van der Waals surface area contributed by atoms with E-state index in [-0.39, 0.29) is 6.79 Å². The van der Waals surface area contributed by atoms with Crippen LogP contribution in [-0.2, 0) is 11.3 Å². The molecule has 1 aliphatic heterocycles. The SMILES string of the molecule is COC(=O)c1cccc(Nc2cnnc(NCc3ccc4c(c3)OCO4)n2)c1. The van der Waals surface area contributed by atoms with Gasteiger partial charge in [-0.3, -0.25) is 0 Å². The molecule has 1 aromatic heterocycles. The zero-order valence-electron chi connectivity index (χ0n) is 15.0. The van der Waals surface area contributed by atoms with Crippen molar-refractivity contribution < 1.29 is 19.0 Å². The van der Waals surface area contributed by atoms with Crippen molar-refractivity contribution in [3.05, 3.63) is 59.8 Å². The second kappa shape index (κ2) is 7.78. The molecule has 0 saturated carbocycles. The number of anilines is 3. The van der Waals surface area contributed by atoms with Gasteiger partial charge in [0.25, 0.3) is 0 Å². The van der Waals surface area contributed by atoms with Crippen LogP contribution in [-0.4, -0.2) is 35.1 Å². The molecule has 0 bridgehead atoms. The lowest BCUT2D eigenvalue weighted by molar-refractivity contribution is 0.0601. The molecular formula is C19H17N5O4. The summed E-state index contributed by atoms with van der Waals surface area (Å²) < 4.78 is 15.4. The fourth-order valence-corrected chi connectivity index (χ4v) is 2.66. The predicted octanol–water partition coefficient (Wildman–Crippen LogP) is 2.74. The van der Waals surface area contributed by atoms with Gasteiger partial charge in [0.05, 0.1) is 18.9 Å². The van der Waals surface area contributed by atoms with Crippen LogP contribution in [0.1, 0.15) is 15.9 Å². The van der Waals surface area contributed by atoms with Gasteiger partial charge in [-0.05, 0) is 35.9 Å². The maximum Gasteiger partial charge on any atom is 0.337 e. The predicted molar refractivity (Wildman–Crippen MR) is 101 cm³/mol. The first-order valence-corrected chi connectivity index (χ1v) is 8.49. The number of fused-ring (bicyclic) bond motifs is 1. The van der Waals surface area contributed by atoms with Gasteiger partial charge < -0.3 is 24.8 Å². The van der Waals surface area contributed by atoms with Crippen molar-refractivity contribution >= 4 is 23.4 Å². The third-order valence-corrected chi connectivity index (χ3v) is 4.00. The van der Waals surface area contributed by atoms with Crippen LogP contribution in [0.5, 0.6) is 11.5 Å². The highest BCUT2D eigenvalue weighted by Crippen LogP contribution is 2.32. The molecule has 0 atom stereocenters. The number of benzene rings is 2. The molecule has 0 saturated heterocycles. The quantitative estimate of drug-likeness (QED) is 0.625. The van der Waals surface area contributed by atoms with Crippen molar-refractivity contribution in [2.75, 3.05) is 24.5 Å². The lowest BCUT2D eigenvalue weighted by Crippen LogP contribution is -2.07. The monoisotopic (exact) mass is 379 g/mol. The number of nitrogens with zero attached hydrogens (tertiary/aromatic N) is 3. The molecule has 9 heteroatoms. The Bertz CT molecular complexity index is 1010. The molecule has 0 aliphatic carbocycles. The number of nitrogens with one attached hydrogen (secondary N) is 2. The smallest absolute Gasteiger partial charge is 0.337 e. The van der Waals surface area contributed by atoms with Gasteiger partial charge in [-0.25, -0.2) is 4.79 Å². The van der Waals surface area contributed by atoms with E-state index in [1.165, 1.54) is 13.3 Å². The average Bonchev–Trinajstić information content (AvgIpc) is 3.20. The first kappa shape index (κ1) is 17.5. The Hall–Kier alpha value is -3.88. The summed E-state index contributed by atoms with van der Waals surface area (Å²) in [4.78, 5) is 16.0. The van der Waals surface area contributed by atoms with Gasteiger partial charge in [-0.1, -0.05) is 12.1 Å². The van der Waals surface area contributed by atoms with E-state index in [0.717, 1.165) is 17.1 Å². The standard InChI is InChI=1S/C19H17N5O4/c1-26-18(25)13-3-2-4-14(8-13)22-17-10-21-24-19(23-17)20-9-12-5-6-15-16(7-12)28-11-27-15/h2-8,10H,9,11H2,1H3,(H2,20,22,23,24). The molecule has 1 aliphatic rings. The van der Waals surface area contributed by atoms with Crippen molar-refractivity contribution in [3.8, 4) is 11.5 Å². The lowest BCUT2D eigenvalue weighted by Gasteiger charge is -2.09. The fraction of sp³-hybridized carbons (Fsp3) is 0.158. The van der Waals surface area contributed by atoms with E-state index in [9.17, 15) is 4.79 Å². The summed E-state index contributed by atoms with van der Waals surface area (Å²) in [6.07, 6.45) is 1.50. The van der Waals surface area contributed by atoms with Crippen LogP contribution in [0.4, 0.5) is 17.5 Å². The highest BCUT2D eigenvalue weighted by atomic mass is 16.7. The molecular weight excluding hydrogens is 362 g/mol. The van der Waals surface area contributed by atoms with E-state index in [2.05, 4.69) is 25.8 Å². The number of carbonyl (C=O) groups excluding carboxylic acids is 1. The molecule has 2 heterocycles. The van der Waals surface area contributed by atoms with Crippen molar-refractivity contribution in [3.63, 3.8) is 0 Å². The first-order chi connectivity index (χ1) is 13.7. The van der Waals surface area contributed by atoms with Crippen LogP contribution in [0, 0.1) is 0 Å². The topological polar surface area (TPSA) is 107 Å². The summed E-state index contributed by atoms with van der Waals surface area (Å²) in [5.74, 6) is 1.91. The van der Waals surface area contributed by atoms with Gasteiger partial charge in [0.2, 0.25) is 12.7 Å². The summed E-state index contributed by atoms with van der Waals surface area (Å²) >= 11 is 0. The van der Waals surface area contributed by atoms with Crippen LogP contribution in [0.15, 0.2) is 48.7 Å². The van der Waals surface area contributed by atoms with Crippen LogP contribution >= 0.6 is 0 Å². The molecule has 0 fully saturated rings. The van der Waals surface area contributed by atoms with Crippen LogP contribution in [0.25, 0.3) is 0 Å². The zero-order valence-corrected chi connectivity index (χ0v) is 15.0. The Labute approximate surface area is 160 Å². The number of hydrogen-bond donors (Lipinski definition) is 2. The number of esters is 1. The molecule has 3 aromatic rings. The van der Waals surface area contributed by atoms with Gasteiger partial charge in [-0.2, -0.15) is 10.1 Å². The second-order valence-corrected chi connectivity index (χ2v) is 5.90. The lowest BCUT2D eigenvalue weighted by atomic mass is 10.2. The van der Waals surface area contributed by atoms with E-state index in [1.54, 1.807) is 18.2 Å². The maximum absolute atomic E-state index is 11.6. The first-order valence-electron chi connectivity index (χ1n) is 8.49. The van der Waals surface area contributed by atoms with Crippen LogP contribution in [0.2, 0.25) is 0 Å². The highest BCUT2D eigenvalue weighted by Gasteiger charge is 2.13. The normalized spacial score (nSPS) is 11.8. The molecule has 142 valence electrons. The zero-order chi connectivity index (χ0) is 19.3. The summed E-state index contributed by atoms with van der Waals surface area (Å²) in [6, 6.07) is 12.6. The van der Waals surface area contributed by atoms with E-state index < -0.39 is 5.97 Å². The number of ether oxygens (including phenoxy) is 3.